The monoisotopic (exact) mass is 664 g/mol. The Morgan fingerprint density at radius 3 is 2.14 bits per heavy atom. The Morgan fingerprint density at radius 2 is 1.53 bits per heavy atom. The van der Waals surface area contributed by atoms with Crippen LogP contribution in [0.3, 0.4) is 0 Å². The quantitative estimate of drug-likeness (QED) is 0.125. The number of hydrogen-bond donors (Lipinski definition) is 3. The number of carbonyl (C=O) groups excluding carboxylic acids is 3. The van der Waals surface area contributed by atoms with Crippen LogP contribution < -0.4 is 15.6 Å². The van der Waals surface area contributed by atoms with E-state index in [2.05, 4.69) is 15.8 Å². The third-order valence-corrected chi connectivity index (χ3v) is 7.66. The smallest absolute Gasteiger partial charge is 0.315 e. The molecule has 0 aromatic heterocycles. The highest BCUT2D eigenvalue weighted by Crippen LogP contribution is 2.38. The van der Waals surface area contributed by atoms with E-state index in [1.54, 1.807) is 80.6 Å². The van der Waals surface area contributed by atoms with Gasteiger partial charge in [-0.2, -0.15) is 10.2 Å². The molecule has 10 nitrogen and oxygen atoms in total. The van der Waals surface area contributed by atoms with Crippen LogP contribution in [0, 0.1) is 0 Å². The minimum Gasteiger partial charge on any atom is -0.315 e. The van der Waals surface area contributed by atoms with Crippen molar-refractivity contribution in [2.45, 2.75) is 38.4 Å². The van der Waals surface area contributed by atoms with Crippen molar-refractivity contribution in [1.82, 2.24) is 15.4 Å². The molecule has 3 aromatic carbocycles. The third-order valence-electron chi connectivity index (χ3n) is 6.72. The summed E-state index contributed by atoms with van der Waals surface area (Å²) in [5.41, 5.74) is 2.78. The van der Waals surface area contributed by atoms with Gasteiger partial charge in [0.25, 0.3) is 0 Å². The predicted molar refractivity (Wildman–Crippen MR) is 169 cm³/mol. The van der Waals surface area contributed by atoms with Crippen molar-refractivity contribution in [2.24, 2.45) is 5.10 Å². The first-order valence-electron chi connectivity index (χ1n) is 13.1. The van der Waals surface area contributed by atoms with Crippen LogP contribution in [0.1, 0.15) is 32.3 Å². The molecule has 14 heteroatoms. The molecule has 1 heterocycles. The van der Waals surface area contributed by atoms with E-state index in [4.69, 9.17) is 46.4 Å². The van der Waals surface area contributed by atoms with Crippen molar-refractivity contribution in [3.05, 3.63) is 92.4 Å². The van der Waals surface area contributed by atoms with Gasteiger partial charge < -0.3 is 10.2 Å². The van der Waals surface area contributed by atoms with Crippen LogP contribution in [0.25, 0.3) is 0 Å². The summed E-state index contributed by atoms with van der Waals surface area (Å²) in [7, 11) is 0. The molecule has 226 valence electrons. The lowest BCUT2D eigenvalue weighted by molar-refractivity contribution is -0.121. The maximum atomic E-state index is 13.8. The number of anilines is 2. The van der Waals surface area contributed by atoms with Gasteiger partial charge in [0.1, 0.15) is 0 Å². The predicted octanol–water partition coefficient (Wildman–Crippen LogP) is 7.50. The van der Waals surface area contributed by atoms with E-state index in [0.717, 1.165) is 0 Å². The zero-order valence-electron chi connectivity index (χ0n) is 23.1. The second-order valence-electron chi connectivity index (χ2n) is 10.2. The van der Waals surface area contributed by atoms with Crippen LogP contribution in [0.5, 0.6) is 0 Å². The molecular weight excluding hydrogens is 638 g/mol. The second-order valence-corrected chi connectivity index (χ2v) is 11.9. The number of carbonyl (C=O) groups is 3. The molecule has 0 bridgehead atoms. The fourth-order valence-electron chi connectivity index (χ4n) is 4.69. The van der Waals surface area contributed by atoms with E-state index >= 15 is 0 Å². The first-order valence-corrected chi connectivity index (χ1v) is 14.6. The molecule has 0 radical (unpaired) electrons. The molecule has 0 aliphatic carbocycles. The van der Waals surface area contributed by atoms with Crippen molar-refractivity contribution in [2.75, 3.05) is 16.8 Å². The van der Waals surface area contributed by atoms with Crippen LogP contribution in [0.2, 0.25) is 20.1 Å². The molecule has 1 aliphatic heterocycles. The SMILES string of the molecule is CC1(C)[C@@H](N(O)C(=O)Nc2ccc(Cl)cc2)N(c2ccc(Cl)cc2)C(=O)N1CCCC(=O)N/N=C/c1cc(Cl)cc(Cl)c1. The van der Waals surface area contributed by atoms with Crippen molar-refractivity contribution < 1.29 is 19.6 Å². The van der Waals surface area contributed by atoms with Crippen LogP contribution in [0.15, 0.2) is 71.8 Å². The summed E-state index contributed by atoms with van der Waals surface area (Å²) in [5.74, 6) is -0.369. The molecule has 1 fully saturated rings. The highest BCUT2D eigenvalue weighted by Gasteiger charge is 2.55. The van der Waals surface area contributed by atoms with E-state index in [-0.39, 0.29) is 25.3 Å². The highest BCUT2D eigenvalue weighted by atomic mass is 35.5. The number of hydroxylamine groups is 2. The number of nitrogens with zero attached hydrogens (tertiary/aromatic N) is 4. The normalized spacial score (nSPS) is 16.1. The fourth-order valence-corrected chi connectivity index (χ4v) is 5.48. The Kier molecular flexibility index (Phi) is 10.4. The van der Waals surface area contributed by atoms with Crippen LogP contribution in [0.4, 0.5) is 21.0 Å². The van der Waals surface area contributed by atoms with Gasteiger partial charge in [0.05, 0.1) is 11.8 Å². The van der Waals surface area contributed by atoms with Crippen molar-refractivity contribution in [3.8, 4) is 0 Å². The fraction of sp³-hybridized carbons (Fsp3) is 0.241. The molecule has 1 saturated heterocycles. The number of urea groups is 2. The average Bonchev–Trinajstić information content (AvgIpc) is 3.14. The maximum Gasteiger partial charge on any atom is 0.347 e. The highest BCUT2D eigenvalue weighted by molar-refractivity contribution is 6.35. The van der Waals surface area contributed by atoms with E-state index in [9.17, 15) is 19.6 Å². The van der Waals surface area contributed by atoms with Crippen molar-refractivity contribution in [3.63, 3.8) is 0 Å². The van der Waals surface area contributed by atoms with E-state index in [0.29, 0.717) is 42.1 Å². The summed E-state index contributed by atoms with van der Waals surface area (Å²) in [4.78, 5) is 42.2. The van der Waals surface area contributed by atoms with Crippen molar-refractivity contribution in [1.29, 1.82) is 0 Å². The first kappa shape index (κ1) is 32.4. The minimum absolute atomic E-state index is 0.0546. The van der Waals surface area contributed by atoms with Gasteiger partial charge in [-0.05, 0) is 92.6 Å². The molecule has 0 unspecified atom stereocenters. The molecular formula is C29H28Cl4N6O4. The summed E-state index contributed by atoms with van der Waals surface area (Å²) in [6.45, 7) is 3.61. The number of hydrazone groups is 1. The van der Waals surface area contributed by atoms with Gasteiger partial charge >= 0.3 is 12.1 Å². The molecule has 0 saturated carbocycles. The second kappa shape index (κ2) is 13.8. The van der Waals surface area contributed by atoms with E-state index < -0.39 is 23.8 Å². The summed E-state index contributed by atoms with van der Waals surface area (Å²) in [6, 6.07) is 16.4. The maximum absolute atomic E-state index is 13.8. The lowest BCUT2D eigenvalue weighted by Gasteiger charge is -2.38. The molecule has 1 aliphatic rings. The van der Waals surface area contributed by atoms with Gasteiger partial charge in [-0.1, -0.05) is 46.4 Å². The molecule has 1 atom stereocenters. The Hall–Kier alpha value is -3.54. The molecule has 3 N–H and O–H groups in total. The van der Waals surface area contributed by atoms with Gasteiger partial charge in [0.15, 0.2) is 6.17 Å². The lowest BCUT2D eigenvalue weighted by Crippen LogP contribution is -2.58. The van der Waals surface area contributed by atoms with Gasteiger partial charge in [-0.25, -0.2) is 15.0 Å². The Morgan fingerprint density at radius 1 is 0.953 bits per heavy atom. The molecule has 0 spiro atoms. The first-order chi connectivity index (χ1) is 20.4. The Labute approximate surface area is 268 Å². The van der Waals surface area contributed by atoms with Gasteiger partial charge in [0.2, 0.25) is 5.91 Å². The van der Waals surface area contributed by atoms with Crippen molar-refractivity contribution >= 4 is 82.0 Å². The van der Waals surface area contributed by atoms with Gasteiger partial charge in [-0.3, -0.25) is 14.9 Å². The van der Waals surface area contributed by atoms with Crippen LogP contribution >= 0.6 is 46.4 Å². The molecule has 3 aromatic rings. The molecule has 4 rings (SSSR count). The van der Waals surface area contributed by atoms with Crippen LogP contribution in [-0.4, -0.2) is 57.6 Å². The zero-order valence-corrected chi connectivity index (χ0v) is 26.1. The van der Waals surface area contributed by atoms with Gasteiger partial charge in [0, 0.05) is 44.4 Å². The molecule has 43 heavy (non-hydrogen) atoms. The summed E-state index contributed by atoms with van der Waals surface area (Å²) >= 11 is 24.0. The largest absolute Gasteiger partial charge is 0.347 e. The third kappa shape index (κ3) is 7.90. The zero-order chi connectivity index (χ0) is 31.3. The summed E-state index contributed by atoms with van der Waals surface area (Å²) < 4.78 is 0. The summed E-state index contributed by atoms with van der Waals surface area (Å²) in [6.07, 6.45) is 0.612. The Balaban J connectivity index is 1.47. The topological polar surface area (TPSA) is 118 Å². The van der Waals surface area contributed by atoms with E-state index in [1.165, 1.54) is 16.0 Å². The molecule has 5 amide bonds. The summed E-state index contributed by atoms with van der Waals surface area (Å²) in [5, 5.41) is 20.0. The average molecular weight is 666 g/mol. The Bertz CT molecular complexity index is 1500. The van der Waals surface area contributed by atoms with Gasteiger partial charge in [-0.15, -0.1) is 0 Å². The minimum atomic E-state index is -1.14. The number of benzene rings is 3. The number of halogens is 4. The number of amides is 5. The van der Waals surface area contributed by atoms with E-state index in [1.807, 2.05) is 0 Å². The number of rotatable bonds is 9. The number of hydrogen-bond acceptors (Lipinski definition) is 5. The standard InChI is InChI=1S/C29H28Cl4N6O4/c1-29(2)26(39(43)27(41)35-23-9-5-19(30)6-10-23)38(24-11-7-20(31)8-12-24)28(42)37(29)13-3-4-25(40)36-34-17-18-14-21(32)16-22(33)15-18/h5-12,14-17,26,43H,3-4,13H2,1-2H3,(H,35,41)(H,36,40)/b34-17+/t26-/m1/s1. The lowest BCUT2D eigenvalue weighted by atomic mass is 9.99. The van der Waals surface area contributed by atoms with Crippen LogP contribution in [-0.2, 0) is 4.79 Å². The number of nitrogens with one attached hydrogen (secondary N) is 2.